The molecule has 1 aromatic carbocycles. The molecule has 0 spiro atoms. The van der Waals surface area contributed by atoms with Crippen molar-refractivity contribution in [3.8, 4) is 11.5 Å². The molecule has 3 nitrogen and oxygen atoms in total. The smallest absolute Gasteiger partial charge is 0.166 e. The van der Waals surface area contributed by atoms with Gasteiger partial charge in [-0.25, -0.2) is 0 Å². The topological polar surface area (TPSA) is 38.7 Å². The van der Waals surface area contributed by atoms with E-state index in [-0.39, 0.29) is 6.10 Å². The highest BCUT2D eigenvalue weighted by Gasteiger charge is 2.25. The van der Waals surface area contributed by atoms with Crippen molar-refractivity contribution in [3.63, 3.8) is 0 Å². The second-order valence-electron chi connectivity index (χ2n) is 5.33. The van der Waals surface area contributed by atoms with Gasteiger partial charge >= 0.3 is 0 Å². The SMILES string of the molecule is COc1c(OC2CCSCC2)cccc1C(C)(C)O. The van der Waals surface area contributed by atoms with Crippen LogP contribution in [-0.2, 0) is 5.60 Å². The van der Waals surface area contributed by atoms with Crippen LogP contribution >= 0.6 is 11.8 Å². The molecule has 2 rings (SSSR count). The van der Waals surface area contributed by atoms with Gasteiger partial charge in [0.2, 0.25) is 0 Å². The molecule has 1 aliphatic rings. The second-order valence-corrected chi connectivity index (χ2v) is 6.55. The molecule has 19 heavy (non-hydrogen) atoms. The van der Waals surface area contributed by atoms with E-state index in [0.717, 1.165) is 35.7 Å². The van der Waals surface area contributed by atoms with Gasteiger partial charge in [-0.1, -0.05) is 12.1 Å². The molecular formula is C15H22O3S. The average Bonchev–Trinajstić information content (AvgIpc) is 2.38. The van der Waals surface area contributed by atoms with Gasteiger partial charge in [0.1, 0.15) is 6.10 Å². The van der Waals surface area contributed by atoms with Gasteiger partial charge in [0, 0.05) is 5.56 Å². The fraction of sp³-hybridized carbons (Fsp3) is 0.600. The first kappa shape index (κ1) is 14.5. The lowest BCUT2D eigenvalue weighted by molar-refractivity contribution is 0.0744. The third-order valence-corrected chi connectivity index (χ3v) is 4.35. The Balaban J connectivity index is 2.24. The zero-order chi connectivity index (χ0) is 13.9. The van der Waals surface area contributed by atoms with Gasteiger partial charge in [-0.3, -0.25) is 0 Å². The van der Waals surface area contributed by atoms with E-state index in [1.54, 1.807) is 21.0 Å². The summed E-state index contributed by atoms with van der Waals surface area (Å²) in [6.07, 6.45) is 2.40. The number of hydrogen-bond donors (Lipinski definition) is 1. The molecule has 1 heterocycles. The summed E-state index contributed by atoms with van der Waals surface area (Å²) in [5.41, 5.74) is -0.176. The van der Waals surface area contributed by atoms with Crippen LogP contribution in [0.4, 0.5) is 0 Å². The number of methoxy groups -OCH3 is 1. The summed E-state index contributed by atoms with van der Waals surface area (Å²) in [7, 11) is 1.62. The number of benzene rings is 1. The summed E-state index contributed by atoms with van der Waals surface area (Å²) < 4.78 is 11.5. The van der Waals surface area contributed by atoms with E-state index in [9.17, 15) is 5.11 Å². The molecular weight excluding hydrogens is 260 g/mol. The zero-order valence-electron chi connectivity index (χ0n) is 11.8. The Labute approximate surface area is 119 Å². The summed E-state index contributed by atoms with van der Waals surface area (Å²) >= 11 is 1.98. The van der Waals surface area contributed by atoms with Crippen LogP contribution in [0.1, 0.15) is 32.3 Å². The molecule has 0 bridgehead atoms. The number of ether oxygens (including phenoxy) is 2. The maximum absolute atomic E-state index is 10.2. The van der Waals surface area contributed by atoms with Crippen molar-refractivity contribution in [1.82, 2.24) is 0 Å². The first-order chi connectivity index (χ1) is 9.02. The molecule has 106 valence electrons. The van der Waals surface area contributed by atoms with Gasteiger partial charge < -0.3 is 14.6 Å². The lowest BCUT2D eigenvalue weighted by atomic mass is 9.97. The van der Waals surface area contributed by atoms with Crippen molar-refractivity contribution in [2.24, 2.45) is 0 Å². The van der Waals surface area contributed by atoms with Crippen LogP contribution in [0.15, 0.2) is 18.2 Å². The molecule has 1 aromatic rings. The van der Waals surface area contributed by atoms with Crippen molar-refractivity contribution in [3.05, 3.63) is 23.8 Å². The molecule has 0 unspecified atom stereocenters. The lowest BCUT2D eigenvalue weighted by Crippen LogP contribution is -2.23. The second kappa shape index (κ2) is 6.06. The monoisotopic (exact) mass is 282 g/mol. The lowest BCUT2D eigenvalue weighted by Gasteiger charge is -2.26. The summed E-state index contributed by atoms with van der Waals surface area (Å²) in [6, 6.07) is 5.70. The summed E-state index contributed by atoms with van der Waals surface area (Å²) in [5.74, 6) is 3.68. The molecule has 0 atom stereocenters. The first-order valence-corrected chi connectivity index (χ1v) is 7.82. The van der Waals surface area contributed by atoms with Crippen LogP contribution in [0.3, 0.4) is 0 Å². The molecule has 1 saturated heterocycles. The van der Waals surface area contributed by atoms with Crippen molar-refractivity contribution in [2.75, 3.05) is 18.6 Å². The molecule has 1 fully saturated rings. The molecule has 4 heteroatoms. The van der Waals surface area contributed by atoms with Crippen molar-refractivity contribution in [2.45, 2.75) is 38.4 Å². The number of thioether (sulfide) groups is 1. The third-order valence-electron chi connectivity index (χ3n) is 3.30. The van der Waals surface area contributed by atoms with Gasteiger partial charge in [0.25, 0.3) is 0 Å². The van der Waals surface area contributed by atoms with E-state index < -0.39 is 5.60 Å². The van der Waals surface area contributed by atoms with E-state index in [4.69, 9.17) is 9.47 Å². The summed E-state index contributed by atoms with van der Waals surface area (Å²) in [6.45, 7) is 3.51. The summed E-state index contributed by atoms with van der Waals surface area (Å²) in [4.78, 5) is 0. The maximum atomic E-state index is 10.2. The maximum Gasteiger partial charge on any atom is 0.166 e. The number of rotatable bonds is 4. The fourth-order valence-corrected chi connectivity index (χ4v) is 3.34. The fourth-order valence-electron chi connectivity index (χ4n) is 2.27. The zero-order valence-corrected chi connectivity index (χ0v) is 12.6. The van der Waals surface area contributed by atoms with Gasteiger partial charge in [0.05, 0.1) is 12.7 Å². The van der Waals surface area contributed by atoms with Crippen LogP contribution in [0.2, 0.25) is 0 Å². The van der Waals surface area contributed by atoms with E-state index >= 15 is 0 Å². The molecule has 0 amide bonds. The van der Waals surface area contributed by atoms with E-state index in [1.165, 1.54) is 0 Å². The van der Waals surface area contributed by atoms with Gasteiger partial charge in [-0.05, 0) is 44.3 Å². The molecule has 0 aromatic heterocycles. The Morgan fingerprint density at radius 3 is 2.53 bits per heavy atom. The van der Waals surface area contributed by atoms with Crippen molar-refractivity contribution in [1.29, 1.82) is 0 Å². The minimum atomic E-state index is -0.937. The quantitative estimate of drug-likeness (QED) is 0.920. The Hall–Kier alpha value is -0.870. The van der Waals surface area contributed by atoms with Crippen LogP contribution in [-0.4, -0.2) is 29.8 Å². The number of aliphatic hydroxyl groups is 1. The van der Waals surface area contributed by atoms with Gasteiger partial charge in [-0.15, -0.1) is 0 Å². The minimum Gasteiger partial charge on any atom is -0.492 e. The van der Waals surface area contributed by atoms with Crippen LogP contribution in [0.5, 0.6) is 11.5 Å². The number of hydrogen-bond acceptors (Lipinski definition) is 4. The standard InChI is InChI=1S/C15H22O3S/c1-15(2,16)12-5-4-6-13(14(12)17-3)18-11-7-9-19-10-8-11/h4-6,11,16H,7-10H2,1-3H3. The van der Waals surface area contributed by atoms with Gasteiger partial charge in [-0.2, -0.15) is 11.8 Å². The number of para-hydroxylation sites is 1. The van der Waals surface area contributed by atoms with Crippen LogP contribution < -0.4 is 9.47 Å². The van der Waals surface area contributed by atoms with E-state index in [1.807, 2.05) is 30.0 Å². The molecule has 1 N–H and O–H groups in total. The average molecular weight is 282 g/mol. The highest BCUT2D eigenvalue weighted by Crippen LogP contribution is 2.38. The molecule has 0 saturated carbocycles. The normalized spacial score (nSPS) is 17.3. The van der Waals surface area contributed by atoms with Crippen LogP contribution in [0, 0.1) is 0 Å². The molecule has 0 radical (unpaired) electrons. The Morgan fingerprint density at radius 1 is 1.26 bits per heavy atom. The van der Waals surface area contributed by atoms with Crippen molar-refractivity contribution >= 4 is 11.8 Å². The molecule has 0 aliphatic carbocycles. The van der Waals surface area contributed by atoms with Crippen LogP contribution in [0.25, 0.3) is 0 Å². The highest BCUT2D eigenvalue weighted by molar-refractivity contribution is 7.99. The van der Waals surface area contributed by atoms with Gasteiger partial charge in [0.15, 0.2) is 11.5 Å². The largest absolute Gasteiger partial charge is 0.492 e. The minimum absolute atomic E-state index is 0.257. The summed E-state index contributed by atoms with van der Waals surface area (Å²) in [5, 5.41) is 10.2. The Kier molecular flexibility index (Phi) is 4.63. The van der Waals surface area contributed by atoms with E-state index in [2.05, 4.69) is 0 Å². The van der Waals surface area contributed by atoms with Crippen molar-refractivity contribution < 1.29 is 14.6 Å². The third kappa shape index (κ3) is 3.57. The Morgan fingerprint density at radius 2 is 1.95 bits per heavy atom. The van der Waals surface area contributed by atoms with E-state index in [0.29, 0.717) is 5.75 Å². The predicted molar refractivity (Wildman–Crippen MR) is 79.2 cm³/mol. The predicted octanol–water partition coefficient (Wildman–Crippen LogP) is 3.20. The highest BCUT2D eigenvalue weighted by atomic mass is 32.2. The first-order valence-electron chi connectivity index (χ1n) is 6.66. The molecule has 1 aliphatic heterocycles. The Bertz CT molecular complexity index is 420.